The maximum Gasteiger partial charge on any atom is 0.407 e. The third kappa shape index (κ3) is 4.34. The van der Waals surface area contributed by atoms with Crippen LogP contribution in [0.5, 0.6) is 0 Å². The van der Waals surface area contributed by atoms with Gasteiger partial charge in [0.25, 0.3) is 5.92 Å². The zero-order chi connectivity index (χ0) is 24.7. The largest absolute Gasteiger partial charge is 0.481 e. The summed E-state index contributed by atoms with van der Waals surface area (Å²) in [6, 6.07) is 15.9. The summed E-state index contributed by atoms with van der Waals surface area (Å²) in [6.07, 6.45) is -0.692. The molecule has 2 atom stereocenters. The fourth-order valence-corrected chi connectivity index (χ4v) is 4.45. The van der Waals surface area contributed by atoms with E-state index in [9.17, 15) is 23.2 Å². The van der Waals surface area contributed by atoms with Crippen LogP contribution in [0, 0.1) is 17.3 Å². The van der Waals surface area contributed by atoms with Crippen molar-refractivity contribution in [2.45, 2.75) is 25.7 Å². The van der Waals surface area contributed by atoms with Gasteiger partial charge in [-0.25, -0.2) is 13.6 Å². The van der Waals surface area contributed by atoms with Gasteiger partial charge in [0.1, 0.15) is 12.5 Å². The first kappa shape index (κ1) is 23.7. The topological polar surface area (TPSA) is 105 Å². The monoisotopic (exact) mass is 472 g/mol. The number of carboxylic acids is 1. The Hall–Kier alpha value is -3.49. The van der Waals surface area contributed by atoms with E-state index < -0.39 is 47.7 Å². The number of benzene rings is 2. The average molecular weight is 472 g/mol. The van der Waals surface area contributed by atoms with E-state index in [0.717, 1.165) is 22.3 Å². The van der Waals surface area contributed by atoms with Gasteiger partial charge in [0, 0.05) is 19.0 Å². The Morgan fingerprint density at radius 2 is 1.56 bits per heavy atom. The molecule has 2 aromatic rings. The Labute approximate surface area is 195 Å². The maximum atomic E-state index is 13.5. The fraction of sp³-hybridized carbons (Fsp3) is 0.400. The average Bonchev–Trinajstić information content (AvgIpc) is 3.21. The predicted molar refractivity (Wildman–Crippen MR) is 119 cm³/mol. The van der Waals surface area contributed by atoms with Crippen molar-refractivity contribution in [2.24, 2.45) is 17.3 Å². The van der Waals surface area contributed by atoms with Crippen LogP contribution in [-0.4, -0.2) is 48.7 Å². The van der Waals surface area contributed by atoms with E-state index in [-0.39, 0.29) is 19.1 Å². The number of hydrogen-bond acceptors (Lipinski definition) is 4. The molecule has 7 nitrogen and oxygen atoms in total. The minimum absolute atomic E-state index is 0.0844. The first-order chi connectivity index (χ1) is 16.0. The number of carboxylic acid groups (broad SMARTS) is 1. The van der Waals surface area contributed by atoms with Crippen molar-refractivity contribution in [3.05, 3.63) is 59.7 Å². The lowest BCUT2D eigenvalue weighted by Gasteiger charge is -2.24. The van der Waals surface area contributed by atoms with Crippen LogP contribution < -0.4 is 10.6 Å². The van der Waals surface area contributed by atoms with E-state index >= 15 is 0 Å². The second kappa shape index (κ2) is 8.70. The molecule has 0 radical (unpaired) electrons. The Kier molecular flexibility index (Phi) is 6.05. The standard InChI is InChI=1S/C25H26F2N2O5/c1-24(2,22(32)28-11-19-20(21(30)31)25(19,26)27)13-29-23(33)34-12-18-16-9-5-3-7-14(16)15-8-4-6-10-17(15)18/h3-10,18-20H,11-13H2,1-2H3,(H,28,32)(H,29,33)(H,30,31)/t19-,20-/m1/s1. The second-order valence-electron chi connectivity index (χ2n) is 9.37. The number of alkyl carbamates (subject to hydrolysis) is 1. The Morgan fingerprint density at radius 3 is 2.09 bits per heavy atom. The quantitative estimate of drug-likeness (QED) is 0.544. The van der Waals surface area contributed by atoms with Crippen LogP contribution in [0.3, 0.4) is 0 Å². The number of ether oxygens (including phenoxy) is 1. The molecule has 2 aliphatic carbocycles. The molecule has 0 spiro atoms. The van der Waals surface area contributed by atoms with E-state index in [4.69, 9.17) is 9.84 Å². The zero-order valence-electron chi connectivity index (χ0n) is 18.8. The van der Waals surface area contributed by atoms with Gasteiger partial charge in [0.15, 0.2) is 0 Å². The number of rotatable bonds is 8. The first-order valence-electron chi connectivity index (χ1n) is 11.0. The summed E-state index contributed by atoms with van der Waals surface area (Å²) in [5.41, 5.74) is 3.25. The third-order valence-electron chi connectivity index (χ3n) is 6.58. The van der Waals surface area contributed by atoms with E-state index in [1.165, 1.54) is 0 Å². The summed E-state index contributed by atoms with van der Waals surface area (Å²) < 4.78 is 32.5. The molecule has 0 aromatic heterocycles. The van der Waals surface area contributed by atoms with E-state index in [1.807, 2.05) is 48.5 Å². The molecule has 180 valence electrons. The van der Waals surface area contributed by atoms with Gasteiger partial charge in [-0.2, -0.15) is 0 Å². The molecule has 34 heavy (non-hydrogen) atoms. The number of hydrogen-bond donors (Lipinski definition) is 3. The van der Waals surface area contributed by atoms with Crippen LogP contribution in [0.25, 0.3) is 11.1 Å². The fourth-order valence-electron chi connectivity index (χ4n) is 4.45. The Morgan fingerprint density at radius 1 is 1.00 bits per heavy atom. The van der Waals surface area contributed by atoms with Gasteiger partial charge in [-0.05, 0) is 36.1 Å². The second-order valence-corrected chi connectivity index (χ2v) is 9.37. The molecule has 9 heteroatoms. The minimum atomic E-state index is -3.33. The molecule has 0 bridgehead atoms. The predicted octanol–water partition coefficient (Wildman–Crippen LogP) is 3.63. The molecular weight excluding hydrogens is 446 g/mol. The Bertz CT molecular complexity index is 1090. The molecule has 2 aromatic carbocycles. The highest BCUT2D eigenvalue weighted by Crippen LogP contribution is 2.55. The van der Waals surface area contributed by atoms with Gasteiger partial charge < -0.3 is 20.5 Å². The minimum Gasteiger partial charge on any atom is -0.481 e. The lowest BCUT2D eigenvalue weighted by Crippen LogP contribution is -2.45. The van der Waals surface area contributed by atoms with Crippen LogP contribution >= 0.6 is 0 Å². The van der Waals surface area contributed by atoms with Crippen molar-refractivity contribution >= 4 is 18.0 Å². The molecule has 4 rings (SSSR count). The van der Waals surface area contributed by atoms with Gasteiger partial charge in [-0.1, -0.05) is 48.5 Å². The third-order valence-corrected chi connectivity index (χ3v) is 6.58. The van der Waals surface area contributed by atoms with Crippen LogP contribution in [0.15, 0.2) is 48.5 Å². The molecule has 3 N–H and O–H groups in total. The van der Waals surface area contributed by atoms with Gasteiger partial charge >= 0.3 is 12.1 Å². The molecule has 1 fully saturated rings. The van der Waals surface area contributed by atoms with Crippen molar-refractivity contribution in [3.8, 4) is 11.1 Å². The number of fused-ring (bicyclic) bond motifs is 3. The number of halogens is 2. The summed E-state index contributed by atoms with van der Waals surface area (Å²) in [6.45, 7) is 2.69. The molecule has 0 heterocycles. The molecule has 0 unspecified atom stereocenters. The number of carbonyl (C=O) groups excluding carboxylic acids is 2. The van der Waals surface area contributed by atoms with Crippen molar-refractivity contribution in [3.63, 3.8) is 0 Å². The molecule has 2 aliphatic rings. The summed E-state index contributed by atoms with van der Waals surface area (Å²) in [5.74, 6) is -8.80. The number of amides is 2. The number of aliphatic carboxylic acids is 1. The molecule has 0 aliphatic heterocycles. The van der Waals surface area contributed by atoms with E-state index in [0.29, 0.717) is 0 Å². The zero-order valence-corrected chi connectivity index (χ0v) is 18.8. The molecule has 1 saturated carbocycles. The lowest BCUT2D eigenvalue weighted by atomic mass is 9.92. The summed E-state index contributed by atoms with van der Waals surface area (Å²) in [7, 11) is 0. The summed E-state index contributed by atoms with van der Waals surface area (Å²) in [4.78, 5) is 35.6. The first-order valence-corrected chi connectivity index (χ1v) is 11.0. The van der Waals surface area contributed by atoms with E-state index in [1.54, 1.807) is 13.8 Å². The highest BCUT2D eigenvalue weighted by molar-refractivity contribution is 5.83. The van der Waals surface area contributed by atoms with Crippen LogP contribution in [0.1, 0.15) is 30.9 Å². The normalized spacial score (nSPS) is 20.1. The summed E-state index contributed by atoms with van der Waals surface area (Å²) >= 11 is 0. The smallest absolute Gasteiger partial charge is 0.407 e. The van der Waals surface area contributed by atoms with Crippen molar-refractivity contribution in [2.75, 3.05) is 19.7 Å². The SMILES string of the molecule is CC(C)(CNC(=O)OCC1c2ccccc2-c2ccccc21)C(=O)NC[C@@H]1[C@H](C(=O)O)C1(F)F. The highest BCUT2D eigenvalue weighted by atomic mass is 19.3. The highest BCUT2D eigenvalue weighted by Gasteiger charge is 2.72. The van der Waals surface area contributed by atoms with Crippen molar-refractivity contribution < 1.29 is 33.0 Å². The number of carbonyl (C=O) groups is 3. The Balaban J connectivity index is 1.28. The number of nitrogens with one attached hydrogen (secondary N) is 2. The van der Waals surface area contributed by atoms with Gasteiger partial charge in [0.2, 0.25) is 5.91 Å². The molecule has 0 saturated heterocycles. The number of alkyl halides is 2. The molecule has 2 amide bonds. The van der Waals surface area contributed by atoms with Crippen molar-refractivity contribution in [1.82, 2.24) is 10.6 Å². The van der Waals surface area contributed by atoms with Crippen LogP contribution in [0.4, 0.5) is 13.6 Å². The lowest BCUT2D eigenvalue weighted by molar-refractivity contribution is -0.141. The van der Waals surface area contributed by atoms with Gasteiger partial charge in [0.05, 0.1) is 11.3 Å². The van der Waals surface area contributed by atoms with Crippen molar-refractivity contribution in [1.29, 1.82) is 0 Å². The van der Waals surface area contributed by atoms with Crippen LogP contribution in [-0.2, 0) is 14.3 Å². The van der Waals surface area contributed by atoms with Crippen LogP contribution in [0.2, 0.25) is 0 Å². The van der Waals surface area contributed by atoms with Gasteiger partial charge in [-0.15, -0.1) is 0 Å². The van der Waals surface area contributed by atoms with Gasteiger partial charge in [-0.3, -0.25) is 9.59 Å². The van der Waals surface area contributed by atoms with E-state index in [2.05, 4.69) is 10.6 Å². The molecular formula is C25H26F2N2O5. The maximum absolute atomic E-state index is 13.5. The summed E-state index contributed by atoms with van der Waals surface area (Å²) in [5, 5.41) is 13.7.